The van der Waals surface area contributed by atoms with Crippen LogP contribution in [-0.4, -0.2) is 39.8 Å². The predicted molar refractivity (Wildman–Crippen MR) is 99.7 cm³/mol. The van der Waals surface area contributed by atoms with Crippen molar-refractivity contribution < 1.29 is 41.7 Å². The van der Waals surface area contributed by atoms with Crippen molar-refractivity contribution in [2.24, 2.45) is 0 Å². The fourth-order valence-electron chi connectivity index (χ4n) is 2.51. The highest BCUT2D eigenvalue weighted by molar-refractivity contribution is 5.91. The van der Waals surface area contributed by atoms with E-state index in [1.165, 1.54) is 27.4 Å². The van der Waals surface area contributed by atoms with Gasteiger partial charge in [0.15, 0.2) is 18.1 Å². The van der Waals surface area contributed by atoms with Crippen LogP contribution < -0.4 is 19.5 Å². The van der Waals surface area contributed by atoms with Crippen molar-refractivity contribution >= 4 is 11.9 Å². The van der Waals surface area contributed by atoms with Gasteiger partial charge in [0.05, 0.1) is 32.5 Å². The third-order valence-corrected chi connectivity index (χ3v) is 4.02. The first-order valence-electron chi connectivity index (χ1n) is 8.59. The van der Waals surface area contributed by atoms with Crippen LogP contribution in [0.3, 0.4) is 0 Å². The molecule has 0 aliphatic carbocycles. The summed E-state index contributed by atoms with van der Waals surface area (Å²) in [4.78, 5) is 23.9. The van der Waals surface area contributed by atoms with Crippen LogP contribution in [0.4, 0.5) is 13.2 Å². The van der Waals surface area contributed by atoms with Crippen molar-refractivity contribution in [3.63, 3.8) is 0 Å². The summed E-state index contributed by atoms with van der Waals surface area (Å²) in [5, 5.41) is 2.53. The van der Waals surface area contributed by atoms with E-state index in [1.54, 1.807) is 12.1 Å². The number of esters is 1. The normalized spacial score (nSPS) is 10.9. The Morgan fingerprint density at radius 3 is 2.17 bits per heavy atom. The Kier molecular flexibility index (Phi) is 7.51. The molecule has 0 aliphatic rings. The van der Waals surface area contributed by atoms with Crippen molar-refractivity contribution in [2.45, 2.75) is 12.7 Å². The Bertz CT molecular complexity index is 914. The summed E-state index contributed by atoms with van der Waals surface area (Å²) in [5.74, 6) is -0.376. The molecule has 30 heavy (non-hydrogen) atoms. The van der Waals surface area contributed by atoms with Gasteiger partial charge in [-0.3, -0.25) is 4.79 Å². The fourth-order valence-corrected chi connectivity index (χ4v) is 2.51. The maximum absolute atomic E-state index is 12.7. The third-order valence-electron chi connectivity index (χ3n) is 4.02. The molecule has 0 unspecified atom stereocenters. The summed E-state index contributed by atoms with van der Waals surface area (Å²) in [6.07, 6.45) is -4.59. The Labute approximate surface area is 170 Å². The molecule has 0 radical (unpaired) electrons. The van der Waals surface area contributed by atoms with Crippen LogP contribution in [0, 0.1) is 0 Å². The van der Waals surface area contributed by atoms with Crippen LogP contribution in [0.5, 0.6) is 17.2 Å². The van der Waals surface area contributed by atoms with Crippen LogP contribution in [0.2, 0.25) is 0 Å². The second kappa shape index (κ2) is 9.86. The lowest BCUT2D eigenvalue weighted by molar-refractivity contribution is -0.137. The van der Waals surface area contributed by atoms with Crippen LogP contribution >= 0.6 is 0 Å². The van der Waals surface area contributed by atoms with Crippen LogP contribution in [0.1, 0.15) is 21.5 Å². The van der Waals surface area contributed by atoms with E-state index in [1.807, 2.05) is 0 Å². The number of alkyl halides is 3. The molecule has 0 atom stereocenters. The molecule has 2 rings (SSSR count). The van der Waals surface area contributed by atoms with Gasteiger partial charge >= 0.3 is 12.1 Å². The number of carbonyl (C=O) groups is 2. The van der Waals surface area contributed by atoms with E-state index in [9.17, 15) is 22.8 Å². The van der Waals surface area contributed by atoms with Crippen LogP contribution in [0.25, 0.3) is 0 Å². The lowest BCUT2D eigenvalue weighted by Crippen LogP contribution is -2.28. The molecule has 10 heteroatoms. The highest BCUT2D eigenvalue weighted by Gasteiger charge is 2.31. The number of halogens is 3. The van der Waals surface area contributed by atoms with E-state index in [-0.39, 0.29) is 12.1 Å². The van der Waals surface area contributed by atoms with Crippen molar-refractivity contribution in [2.75, 3.05) is 27.9 Å². The highest BCUT2D eigenvalue weighted by atomic mass is 19.4. The van der Waals surface area contributed by atoms with Gasteiger partial charge in [-0.1, -0.05) is 6.07 Å². The number of nitrogens with one attached hydrogen (secondary N) is 1. The van der Waals surface area contributed by atoms with Gasteiger partial charge in [-0.2, -0.15) is 13.2 Å². The average Bonchev–Trinajstić information content (AvgIpc) is 2.74. The largest absolute Gasteiger partial charge is 0.496 e. The zero-order valence-electron chi connectivity index (χ0n) is 16.5. The molecule has 0 bridgehead atoms. The minimum atomic E-state index is -4.59. The number of hydrogen-bond acceptors (Lipinski definition) is 6. The fraction of sp³-hybridized carbons (Fsp3) is 0.300. The number of ether oxygens (including phenoxy) is 4. The van der Waals surface area contributed by atoms with Gasteiger partial charge in [0.2, 0.25) is 0 Å². The lowest BCUT2D eigenvalue weighted by atomic mass is 10.1. The summed E-state index contributed by atoms with van der Waals surface area (Å²) >= 11 is 0. The van der Waals surface area contributed by atoms with Gasteiger partial charge < -0.3 is 24.3 Å². The van der Waals surface area contributed by atoms with E-state index in [4.69, 9.17) is 18.9 Å². The van der Waals surface area contributed by atoms with Crippen molar-refractivity contribution in [3.8, 4) is 17.2 Å². The molecule has 0 fully saturated rings. The standard InChI is InChI=1S/C20H20F3NO6/c1-27-15-9-17(29-3)16(28-2)8-13(15)10-24-18(25)11-30-19(26)12-5-4-6-14(7-12)20(21,22)23/h4-9H,10-11H2,1-3H3,(H,24,25). The van der Waals surface area contributed by atoms with Gasteiger partial charge in [-0.25, -0.2) is 4.79 Å². The first-order chi connectivity index (χ1) is 14.2. The molecule has 0 aromatic heterocycles. The van der Waals surface area contributed by atoms with E-state index >= 15 is 0 Å². The zero-order chi connectivity index (χ0) is 22.3. The first kappa shape index (κ1) is 22.9. The predicted octanol–water partition coefficient (Wildman–Crippen LogP) is 3.20. The van der Waals surface area contributed by atoms with Crippen molar-refractivity contribution in [1.82, 2.24) is 5.32 Å². The minimum absolute atomic E-state index is 0.0312. The molecule has 1 N–H and O–H groups in total. The quantitative estimate of drug-likeness (QED) is 0.652. The molecular weight excluding hydrogens is 407 g/mol. The Balaban J connectivity index is 1.96. The molecule has 1 amide bonds. The number of amides is 1. The number of hydrogen-bond donors (Lipinski definition) is 1. The molecule has 0 aliphatic heterocycles. The van der Waals surface area contributed by atoms with Crippen molar-refractivity contribution in [3.05, 3.63) is 53.1 Å². The zero-order valence-corrected chi connectivity index (χ0v) is 16.5. The minimum Gasteiger partial charge on any atom is -0.496 e. The number of carbonyl (C=O) groups excluding carboxylic acids is 2. The highest BCUT2D eigenvalue weighted by Crippen LogP contribution is 2.34. The van der Waals surface area contributed by atoms with Gasteiger partial charge in [-0.05, 0) is 24.3 Å². The SMILES string of the molecule is COc1cc(OC)c(OC)cc1CNC(=O)COC(=O)c1cccc(C(F)(F)F)c1. The lowest BCUT2D eigenvalue weighted by Gasteiger charge is -2.14. The third kappa shape index (κ3) is 5.79. The van der Waals surface area contributed by atoms with Crippen LogP contribution in [-0.2, 0) is 22.3 Å². The maximum atomic E-state index is 12.7. The molecule has 0 saturated carbocycles. The molecule has 162 valence electrons. The van der Waals surface area contributed by atoms with Gasteiger partial charge in [0.25, 0.3) is 5.91 Å². The maximum Gasteiger partial charge on any atom is 0.416 e. The first-order valence-corrected chi connectivity index (χ1v) is 8.59. The molecule has 0 saturated heterocycles. The van der Waals surface area contributed by atoms with E-state index in [0.717, 1.165) is 12.1 Å². The molecule has 0 heterocycles. The van der Waals surface area contributed by atoms with Gasteiger partial charge in [-0.15, -0.1) is 0 Å². The topological polar surface area (TPSA) is 83.1 Å². The van der Waals surface area contributed by atoms with Crippen molar-refractivity contribution in [1.29, 1.82) is 0 Å². The summed E-state index contributed by atoms with van der Waals surface area (Å²) in [6.45, 7) is -0.631. The monoisotopic (exact) mass is 427 g/mol. The van der Waals surface area contributed by atoms with Gasteiger partial charge in [0.1, 0.15) is 5.75 Å². The summed E-state index contributed by atoms with van der Waals surface area (Å²) in [7, 11) is 4.38. The summed E-state index contributed by atoms with van der Waals surface area (Å²) < 4.78 is 58.6. The Hall–Kier alpha value is -3.43. The van der Waals surface area contributed by atoms with Gasteiger partial charge in [0, 0.05) is 18.2 Å². The van der Waals surface area contributed by atoms with E-state index in [0.29, 0.717) is 28.9 Å². The molecule has 2 aromatic carbocycles. The molecule has 2 aromatic rings. The molecule has 7 nitrogen and oxygen atoms in total. The average molecular weight is 427 g/mol. The Morgan fingerprint density at radius 1 is 0.933 bits per heavy atom. The molecular formula is C20H20F3NO6. The van der Waals surface area contributed by atoms with E-state index in [2.05, 4.69) is 5.32 Å². The van der Waals surface area contributed by atoms with Crippen LogP contribution in [0.15, 0.2) is 36.4 Å². The number of rotatable bonds is 8. The smallest absolute Gasteiger partial charge is 0.416 e. The number of methoxy groups -OCH3 is 3. The second-order valence-corrected chi connectivity index (χ2v) is 5.95. The molecule has 0 spiro atoms. The summed E-state index contributed by atoms with van der Waals surface area (Å²) in [5.41, 5.74) is -0.714. The number of benzene rings is 2. The summed E-state index contributed by atoms with van der Waals surface area (Å²) in [6, 6.07) is 6.96. The van der Waals surface area contributed by atoms with E-state index < -0.39 is 30.2 Å². The Morgan fingerprint density at radius 2 is 1.57 bits per heavy atom. The second-order valence-electron chi connectivity index (χ2n) is 5.95.